The van der Waals surface area contributed by atoms with Crippen LogP contribution in [0.2, 0.25) is 0 Å². The van der Waals surface area contributed by atoms with Gasteiger partial charge >= 0.3 is 0 Å². The lowest BCUT2D eigenvalue weighted by Crippen LogP contribution is -2.30. The molecule has 0 radical (unpaired) electrons. The highest BCUT2D eigenvalue weighted by molar-refractivity contribution is 7.89. The number of rotatable bonds is 9. The van der Waals surface area contributed by atoms with Crippen molar-refractivity contribution in [3.05, 3.63) is 53.6 Å². The van der Waals surface area contributed by atoms with Crippen LogP contribution < -0.4 is 15.4 Å². The first-order valence-corrected chi connectivity index (χ1v) is 11.1. The van der Waals surface area contributed by atoms with Gasteiger partial charge < -0.3 is 15.4 Å². The van der Waals surface area contributed by atoms with Gasteiger partial charge in [0, 0.05) is 30.9 Å². The Labute approximate surface area is 177 Å². The summed E-state index contributed by atoms with van der Waals surface area (Å²) >= 11 is 0. The predicted molar refractivity (Wildman–Crippen MR) is 116 cm³/mol. The van der Waals surface area contributed by atoms with Crippen molar-refractivity contribution in [1.29, 1.82) is 0 Å². The monoisotopic (exact) mass is 433 g/mol. The lowest BCUT2D eigenvalue weighted by Gasteiger charge is -2.19. The number of carbonyl (C=O) groups is 2. The summed E-state index contributed by atoms with van der Waals surface area (Å²) in [7, 11) is -2.33. The molecule has 0 saturated carbocycles. The first-order chi connectivity index (χ1) is 14.3. The molecule has 0 heterocycles. The molecule has 2 N–H and O–H groups in total. The molecule has 0 aliphatic rings. The molecule has 0 saturated heterocycles. The van der Waals surface area contributed by atoms with Crippen molar-refractivity contribution in [3.63, 3.8) is 0 Å². The Morgan fingerprint density at radius 2 is 1.70 bits per heavy atom. The van der Waals surface area contributed by atoms with Crippen LogP contribution in [0.5, 0.6) is 5.75 Å². The molecule has 0 atom stereocenters. The van der Waals surface area contributed by atoms with E-state index in [1.54, 1.807) is 38.1 Å². The molecule has 0 aliphatic carbocycles. The van der Waals surface area contributed by atoms with Gasteiger partial charge in [0.15, 0.2) is 0 Å². The van der Waals surface area contributed by atoms with Crippen LogP contribution in [-0.2, 0) is 10.0 Å². The zero-order chi connectivity index (χ0) is 22.3. The molecule has 2 aromatic carbocycles. The fourth-order valence-corrected chi connectivity index (χ4v) is 4.42. The van der Waals surface area contributed by atoms with Gasteiger partial charge in [0.2, 0.25) is 10.0 Å². The number of hydrogen-bond acceptors (Lipinski definition) is 5. The average molecular weight is 434 g/mol. The minimum atomic E-state index is -3.73. The van der Waals surface area contributed by atoms with Gasteiger partial charge in [-0.05, 0) is 43.3 Å². The van der Waals surface area contributed by atoms with E-state index in [1.807, 2.05) is 6.92 Å². The highest BCUT2D eigenvalue weighted by Crippen LogP contribution is 2.26. The molecule has 162 valence electrons. The molecule has 2 rings (SSSR count). The number of carbonyl (C=O) groups excluding carboxylic acids is 2. The number of nitrogens with one attached hydrogen (secondary N) is 2. The average Bonchev–Trinajstić information content (AvgIpc) is 2.74. The summed E-state index contributed by atoms with van der Waals surface area (Å²) in [6.07, 6.45) is 0. The lowest BCUT2D eigenvalue weighted by atomic mass is 10.1. The van der Waals surface area contributed by atoms with Crippen molar-refractivity contribution < 1.29 is 22.7 Å². The van der Waals surface area contributed by atoms with Crippen molar-refractivity contribution in [1.82, 2.24) is 9.62 Å². The Bertz CT molecular complexity index is 1020. The molecular formula is C21H27N3O5S. The molecule has 0 bridgehead atoms. The van der Waals surface area contributed by atoms with Gasteiger partial charge in [-0.25, -0.2) is 8.42 Å². The molecule has 30 heavy (non-hydrogen) atoms. The maximum Gasteiger partial charge on any atom is 0.259 e. The van der Waals surface area contributed by atoms with E-state index in [-0.39, 0.29) is 22.1 Å². The first-order valence-electron chi connectivity index (χ1n) is 9.66. The lowest BCUT2D eigenvalue weighted by molar-refractivity contribution is 0.0954. The minimum Gasteiger partial charge on any atom is -0.496 e. The van der Waals surface area contributed by atoms with Crippen LogP contribution in [0.3, 0.4) is 0 Å². The molecule has 2 aromatic rings. The van der Waals surface area contributed by atoms with Gasteiger partial charge in [-0.2, -0.15) is 4.31 Å². The second-order valence-electron chi connectivity index (χ2n) is 6.35. The molecular weight excluding hydrogens is 406 g/mol. The van der Waals surface area contributed by atoms with Crippen molar-refractivity contribution in [2.45, 2.75) is 25.7 Å². The van der Waals surface area contributed by atoms with Crippen LogP contribution >= 0.6 is 0 Å². The van der Waals surface area contributed by atoms with Crippen molar-refractivity contribution in [3.8, 4) is 5.75 Å². The molecule has 2 amide bonds. The van der Waals surface area contributed by atoms with Gasteiger partial charge in [0.1, 0.15) is 5.75 Å². The smallest absolute Gasteiger partial charge is 0.259 e. The largest absolute Gasteiger partial charge is 0.496 e. The number of hydrogen-bond donors (Lipinski definition) is 2. The van der Waals surface area contributed by atoms with E-state index in [9.17, 15) is 18.0 Å². The van der Waals surface area contributed by atoms with Gasteiger partial charge in [-0.15, -0.1) is 0 Å². The zero-order valence-corrected chi connectivity index (χ0v) is 18.4. The molecule has 0 aromatic heterocycles. The Morgan fingerprint density at radius 3 is 2.30 bits per heavy atom. The van der Waals surface area contributed by atoms with Crippen molar-refractivity contribution >= 4 is 27.5 Å². The summed E-state index contributed by atoms with van der Waals surface area (Å²) in [6.45, 7) is 6.44. The molecule has 0 aliphatic heterocycles. The van der Waals surface area contributed by atoms with E-state index < -0.39 is 15.9 Å². The van der Waals surface area contributed by atoms with E-state index in [2.05, 4.69) is 10.6 Å². The number of ether oxygens (including phenoxy) is 1. The third-order valence-corrected chi connectivity index (χ3v) is 6.52. The summed E-state index contributed by atoms with van der Waals surface area (Å²) in [5.41, 5.74) is 0.886. The number of sulfonamides is 1. The number of amides is 2. The van der Waals surface area contributed by atoms with Gasteiger partial charge in [0.05, 0.1) is 17.6 Å². The van der Waals surface area contributed by atoms with E-state index >= 15 is 0 Å². The van der Waals surface area contributed by atoms with E-state index in [0.717, 1.165) is 0 Å². The molecule has 0 fully saturated rings. The highest BCUT2D eigenvalue weighted by atomic mass is 32.2. The number of anilines is 1. The van der Waals surface area contributed by atoms with Crippen LogP contribution in [0, 0.1) is 0 Å². The van der Waals surface area contributed by atoms with Gasteiger partial charge in [-0.1, -0.05) is 19.9 Å². The second kappa shape index (κ2) is 10.2. The maximum absolute atomic E-state index is 12.9. The van der Waals surface area contributed by atoms with Crippen LogP contribution in [0.1, 0.15) is 41.5 Å². The molecule has 0 spiro atoms. The summed E-state index contributed by atoms with van der Waals surface area (Å²) in [5.74, 6) is -0.555. The van der Waals surface area contributed by atoms with Crippen LogP contribution in [0.4, 0.5) is 5.69 Å². The Hall–Kier alpha value is -2.91. The summed E-state index contributed by atoms with van der Waals surface area (Å²) in [5, 5.41) is 5.39. The SMILES string of the molecule is CCNC(=O)c1cccc(NC(=O)c2cc(S(=O)(=O)N(CC)CC)ccc2OC)c1. The Morgan fingerprint density at radius 1 is 1.00 bits per heavy atom. The maximum atomic E-state index is 12.9. The van der Waals surface area contributed by atoms with Crippen molar-refractivity contribution in [2.75, 3.05) is 32.1 Å². The third kappa shape index (κ3) is 5.17. The van der Waals surface area contributed by atoms with Crippen molar-refractivity contribution in [2.24, 2.45) is 0 Å². The normalized spacial score (nSPS) is 11.2. The number of benzene rings is 2. The fraction of sp³-hybridized carbons (Fsp3) is 0.333. The van der Waals surface area contributed by atoms with Gasteiger partial charge in [-0.3, -0.25) is 9.59 Å². The zero-order valence-electron chi connectivity index (χ0n) is 17.6. The van der Waals surface area contributed by atoms with E-state index in [4.69, 9.17) is 4.74 Å². The summed E-state index contributed by atoms with van der Waals surface area (Å²) in [6, 6.07) is 10.7. The van der Waals surface area contributed by atoms with Crippen LogP contribution in [-0.4, -0.2) is 51.3 Å². The molecule has 8 nitrogen and oxygen atoms in total. The minimum absolute atomic E-state index is 0.00762. The standard InChI is InChI=1S/C21H27N3O5S/c1-5-22-20(25)15-9-8-10-16(13-15)23-21(26)18-14-17(11-12-19(18)29-4)30(27,28)24(6-2)7-3/h8-14H,5-7H2,1-4H3,(H,22,25)(H,23,26). The highest BCUT2D eigenvalue weighted by Gasteiger charge is 2.24. The van der Waals surface area contributed by atoms with Crippen LogP contribution in [0.25, 0.3) is 0 Å². The Balaban J connectivity index is 2.38. The predicted octanol–water partition coefficient (Wildman–Crippen LogP) is 2.73. The van der Waals surface area contributed by atoms with Gasteiger partial charge in [0.25, 0.3) is 11.8 Å². The van der Waals surface area contributed by atoms with Crippen LogP contribution in [0.15, 0.2) is 47.4 Å². The van der Waals surface area contributed by atoms with E-state index in [0.29, 0.717) is 30.9 Å². The number of nitrogens with zero attached hydrogens (tertiary/aromatic N) is 1. The fourth-order valence-electron chi connectivity index (χ4n) is 2.94. The van der Waals surface area contributed by atoms with E-state index in [1.165, 1.54) is 29.6 Å². The Kier molecular flexibility index (Phi) is 7.96. The summed E-state index contributed by atoms with van der Waals surface area (Å²) < 4.78 is 32.2. The first kappa shape index (κ1) is 23.4. The second-order valence-corrected chi connectivity index (χ2v) is 8.28. The summed E-state index contributed by atoms with van der Waals surface area (Å²) in [4.78, 5) is 24.9. The third-order valence-electron chi connectivity index (χ3n) is 4.48. The molecule has 9 heteroatoms. The number of methoxy groups -OCH3 is 1. The molecule has 0 unspecified atom stereocenters. The quantitative estimate of drug-likeness (QED) is 0.633. The topological polar surface area (TPSA) is 105 Å².